The van der Waals surface area contributed by atoms with Crippen LogP contribution in [0.2, 0.25) is 0 Å². The Morgan fingerprint density at radius 2 is 1.92 bits per heavy atom. The van der Waals surface area contributed by atoms with Crippen LogP contribution >= 0.6 is 0 Å². The quantitative estimate of drug-likeness (QED) is 0.803. The predicted molar refractivity (Wildman–Crippen MR) is 90.7 cm³/mol. The molecule has 0 amide bonds. The van der Waals surface area contributed by atoms with Gasteiger partial charge in [0.1, 0.15) is 5.56 Å². The first-order valence-electron chi connectivity index (χ1n) is 7.45. The number of benzene rings is 1. The zero-order chi connectivity index (χ0) is 17.4. The van der Waals surface area contributed by atoms with Gasteiger partial charge >= 0.3 is 5.97 Å². The number of aromatic carboxylic acids is 1. The maximum atomic E-state index is 12.7. The molecule has 2 aromatic heterocycles. The van der Waals surface area contributed by atoms with Crippen molar-refractivity contribution in [2.24, 2.45) is 7.05 Å². The van der Waals surface area contributed by atoms with E-state index in [1.807, 2.05) is 25.1 Å². The Kier molecular flexibility index (Phi) is 3.81. The van der Waals surface area contributed by atoms with Crippen molar-refractivity contribution in [2.75, 3.05) is 0 Å². The van der Waals surface area contributed by atoms with Crippen LogP contribution in [0.5, 0.6) is 0 Å². The average Bonchev–Trinajstić information content (AvgIpc) is 2.93. The summed E-state index contributed by atoms with van der Waals surface area (Å²) >= 11 is 0. The molecule has 0 aliphatic heterocycles. The molecular formula is C18H17N3O3. The molecule has 0 fully saturated rings. The molecule has 0 bridgehead atoms. The normalized spacial score (nSPS) is 10.8. The Morgan fingerprint density at radius 1 is 1.17 bits per heavy atom. The van der Waals surface area contributed by atoms with Gasteiger partial charge in [0.25, 0.3) is 5.56 Å². The van der Waals surface area contributed by atoms with Crippen LogP contribution in [0.1, 0.15) is 21.6 Å². The summed E-state index contributed by atoms with van der Waals surface area (Å²) < 4.78 is 3.10. The molecule has 0 atom stereocenters. The summed E-state index contributed by atoms with van der Waals surface area (Å²) in [7, 11) is 1.78. The van der Waals surface area contributed by atoms with E-state index in [2.05, 4.69) is 5.10 Å². The number of nitrogens with zero attached hydrogens (tertiary/aromatic N) is 3. The Morgan fingerprint density at radius 3 is 2.50 bits per heavy atom. The second kappa shape index (κ2) is 5.81. The summed E-state index contributed by atoms with van der Waals surface area (Å²) in [6.07, 6.45) is 1.64. The van der Waals surface area contributed by atoms with E-state index in [1.54, 1.807) is 37.0 Å². The van der Waals surface area contributed by atoms with E-state index in [1.165, 1.54) is 10.6 Å². The van der Waals surface area contributed by atoms with E-state index >= 15 is 0 Å². The molecule has 3 rings (SSSR count). The fourth-order valence-electron chi connectivity index (χ4n) is 2.83. The van der Waals surface area contributed by atoms with E-state index in [9.17, 15) is 14.7 Å². The number of carboxylic acid groups (broad SMARTS) is 1. The topological polar surface area (TPSA) is 77.1 Å². The molecule has 6 heteroatoms. The second-order valence-corrected chi connectivity index (χ2v) is 5.68. The molecule has 0 unspecified atom stereocenters. The number of carboxylic acids is 1. The van der Waals surface area contributed by atoms with Crippen molar-refractivity contribution >= 4 is 5.97 Å². The van der Waals surface area contributed by atoms with Crippen molar-refractivity contribution in [1.29, 1.82) is 0 Å². The molecule has 0 radical (unpaired) electrons. The lowest BCUT2D eigenvalue weighted by atomic mass is 10.1. The van der Waals surface area contributed by atoms with Crippen LogP contribution in [0.25, 0.3) is 16.9 Å². The summed E-state index contributed by atoms with van der Waals surface area (Å²) in [5.74, 6) is -1.25. The van der Waals surface area contributed by atoms with Gasteiger partial charge in [-0.1, -0.05) is 12.1 Å². The molecule has 0 spiro atoms. The van der Waals surface area contributed by atoms with E-state index in [4.69, 9.17) is 0 Å². The van der Waals surface area contributed by atoms with Gasteiger partial charge in [0.15, 0.2) is 0 Å². The van der Waals surface area contributed by atoms with Crippen molar-refractivity contribution in [2.45, 2.75) is 13.8 Å². The molecule has 0 aliphatic rings. The molecule has 2 heterocycles. The molecule has 3 aromatic rings. The highest BCUT2D eigenvalue weighted by Crippen LogP contribution is 2.24. The fraction of sp³-hybridized carbons (Fsp3) is 0.167. The smallest absolute Gasteiger partial charge is 0.341 e. The zero-order valence-corrected chi connectivity index (χ0v) is 13.6. The van der Waals surface area contributed by atoms with E-state index in [-0.39, 0.29) is 5.56 Å². The van der Waals surface area contributed by atoms with Crippen molar-refractivity contribution in [3.05, 3.63) is 69.8 Å². The fourth-order valence-corrected chi connectivity index (χ4v) is 2.83. The third kappa shape index (κ3) is 2.52. The van der Waals surface area contributed by atoms with E-state index < -0.39 is 11.5 Å². The minimum Gasteiger partial charge on any atom is -0.477 e. The number of aromatic nitrogens is 3. The van der Waals surface area contributed by atoms with Crippen molar-refractivity contribution in [3.8, 4) is 16.9 Å². The van der Waals surface area contributed by atoms with Gasteiger partial charge in [0, 0.05) is 30.2 Å². The molecule has 0 saturated heterocycles. The summed E-state index contributed by atoms with van der Waals surface area (Å²) in [6.45, 7) is 3.73. The van der Waals surface area contributed by atoms with Crippen LogP contribution < -0.4 is 5.56 Å². The van der Waals surface area contributed by atoms with Gasteiger partial charge in [0.2, 0.25) is 0 Å². The first kappa shape index (κ1) is 15.7. The molecule has 24 heavy (non-hydrogen) atoms. The van der Waals surface area contributed by atoms with Crippen LogP contribution in [0.15, 0.2) is 47.4 Å². The van der Waals surface area contributed by atoms with Crippen molar-refractivity contribution < 1.29 is 9.90 Å². The first-order chi connectivity index (χ1) is 11.4. The lowest BCUT2D eigenvalue weighted by molar-refractivity contribution is 0.0694. The van der Waals surface area contributed by atoms with Gasteiger partial charge < -0.3 is 5.11 Å². The summed E-state index contributed by atoms with van der Waals surface area (Å²) in [6, 6.07) is 10.6. The maximum absolute atomic E-state index is 12.7. The molecular weight excluding hydrogens is 306 g/mol. The van der Waals surface area contributed by atoms with Crippen LogP contribution in [0.4, 0.5) is 0 Å². The minimum atomic E-state index is -1.25. The average molecular weight is 323 g/mol. The summed E-state index contributed by atoms with van der Waals surface area (Å²) in [4.78, 5) is 24.3. The lowest BCUT2D eigenvalue weighted by Crippen LogP contribution is -2.27. The lowest BCUT2D eigenvalue weighted by Gasteiger charge is -2.16. The standard InChI is InChI=1S/C18H17N3O3/c1-11-5-4-6-13(9-11)21-12(2)14(16-7-8-19-20(16)3)10-15(17(21)22)18(23)24/h4-10H,1-3H3,(H,23,24). The SMILES string of the molecule is Cc1cccc(-n2c(C)c(-c3ccnn3C)cc(C(=O)O)c2=O)c1. The Hall–Kier alpha value is -3.15. The zero-order valence-electron chi connectivity index (χ0n) is 13.6. The molecule has 0 aliphatic carbocycles. The van der Waals surface area contributed by atoms with Gasteiger partial charge in [-0.2, -0.15) is 5.10 Å². The largest absolute Gasteiger partial charge is 0.477 e. The number of hydrogen-bond acceptors (Lipinski definition) is 3. The summed E-state index contributed by atoms with van der Waals surface area (Å²) in [5, 5.41) is 13.6. The third-order valence-corrected chi connectivity index (χ3v) is 4.03. The van der Waals surface area contributed by atoms with Crippen LogP contribution in [-0.2, 0) is 7.05 Å². The van der Waals surface area contributed by atoms with Crippen molar-refractivity contribution in [1.82, 2.24) is 14.3 Å². The van der Waals surface area contributed by atoms with Crippen LogP contribution in [0.3, 0.4) is 0 Å². The number of carbonyl (C=O) groups is 1. The Labute approximate surface area is 138 Å². The monoisotopic (exact) mass is 323 g/mol. The predicted octanol–water partition coefficient (Wildman–Crippen LogP) is 2.55. The first-order valence-corrected chi connectivity index (χ1v) is 7.45. The number of rotatable bonds is 3. The second-order valence-electron chi connectivity index (χ2n) is 5.68. The molecule has 6 nitrogen and oxygen atoms in total. The van der Waals surface area contributed by atoms with E-state index in [0.29, 0.717) is 16.9 Å². The highest BCUT2D eigenvalue weighted by Gasteiger charge is 2.20. The number of hydrogen-bond donors (Lipinski definition) is 1. The van der Waals surface area contributed by atoms with Crippen molar-refractivity contribution in [3.63, 3.8) is 0 Å². The number of aryl methyl sites for hydroxylation is 2. The summed E-state index contributed by atoms with van der Waals surface area (Å²) in [5.41, 5.74) is 2.89. The molecule has 0 saturated carbocycles. The van der Waals surface area contributed by atoms with Gasteiger partial charge in [-0.05, 0) is 43.7 Å². The Balaban J connectivity index is 2.40. The molecule has 1 N–H and O–H groups in total. The minimum absolute atomic E-state index is 0.265. The number of pyridine rings is 1. The van der Waals surface area contributed by atoms with Gasteiger partial charge in [-0.15, -0.1) is 0 Å². The van der Waals surface area contributed by atoms with Crippen LogP contribution in [0, 0.1) is 13.8 Å². The third-order valence-electron chi connectivity index (χ3n) is 4.03. The molecule has 1 aromatic carbocycles. The van der Waals surface area contributed by atoms with Crippen LogP contribution in [-0.4, -0.2) is 25.4 Å². The highest BCUT2D eigenvalue weighted by atomic mass is 16.4. The maximum Gasteiger partial charge on any atom is 0.341 e. The van der Waals surface area contributed by atoms with E-state index in [0.717, 1.165) is 11.3 Å². The van der Waals surface area contributed by atoms with Gasteiger partial charge in [0.05, 0.1) is 5.69 Å². The van der Waals surface area contributed by atoms with Gasteiger partial charge in [-0.25, -0.2) is 4.79 Å². The highest BCUT2D eigenvalue weighted by molar-refractivity contribution is 5.89. The van der Waals surface area contributed by atoms with Gasteiger partial charge in [-0.3, -0.25) is 14.0 Å². The Bertz CT molecular complexity index is 999. The molecule has 122 valence electrons.